The molecule has 0 saturated heterocycles. The van der Waals surface area contributed by atoms with Crippen LogP contribution in [-0.2, 0) is 20.6 Å². The topological polar surface area (TPSA) is 46.6 Å². The van der Waals surface area contributed by atoms with E-state index < -0.39 is 10.0 Å². The largest absolute Gasteiger partial charge is 0.377 e. The van der Waals surface area contributed by atoms with Crippen LogP contribution in [0.2, 0.25) is 0 Å². The SMILES string of the molecule is Cc1c(Br)cc(CCl)cc1S(=O)(=O)N(C)CCOC(C)C. The second-order valence-corrected chi connectivity index (χ2v) is 8.22. The third-order valence-electron chi connectivity index (χ3n) is 3.06. The number of likely N-dealkylation sites (N-methyl/N-ethyl adjacent to an activating group) is 1. The molecule has 21 heavy (non-hydrogen) atoms. The van der Waals surface area contributed by atoms with Gasteiger partial charge in [0.2, 0.25) is 10.0 Å². The zero-order valence-corrected chi connectivity index (χ0v) is 15.8. The van der Waals surface area contributed by atoms with Crippen molar-refractivity contribution in [2.45, 2.75) is 37.7 Å². The molecule has 0 heterocycles. The number of hydrogen-bond donors (Lipinski definition) is 0. The highest BCUT2D eigenvalue weighted by Crippen LogP contribution is 2.28. The summed E-state index contributed by atoms with van der Waals surface area (Å²) in [7, 11) is -2.00. The minimum atomic E-state index is -3.56. The van der Waals surface area contributed by atoms with Crippen LogP contribution in [0.15, 0.2) is 21.5 Å². The lowest BCUT2D eigenvalue weighted by Gasteiger charge is -2.20. The van der Waals surface area contributed by atoms with Gasteiger partial charge < -0.3 is 4.74 Å². The third-order valence-corrected chi connectivity index (χ3v) is 6.17. The summed E-state index contributed by atoms with van der Waals surface area (Å²) in [6, 6.07) is 3.46. The van der Waals surface area contributed by atoms with E-state index in [2.05, 4.69) is 15.9 Å². The van der Waals surface area contributed by atoms with Crippen LogP contribution in [-0.4, -0.2) is 39.0 Å². The van der Waals surface area contributed by atoms with E-state index in [1.54, 1.807) is 20.0 Å². The van der Waals surface area contributed by atoms with Crippen LogP contribution in [0.5, 0.6) is 0 Å². The van der Waals surface area contributed by atoms with Gasteiger partial charge in [-0.2, -0.15) is 4.31 Å². The lowest BCUT2D eigenvalue weighted by Crippen LogP contribution is -2.31. The van der Waals surface area contributed by atoms with E-state index in [9.17, 15) is 8.42 Å². The molecular formula is C14H21BrClNO3S. The van der Waals surface area contributed by atoms with Crippen LogP contribution in [0.25, 0.3) is 0 Å². The molecule has 7 heteroatoms. The summed E-state index contributed by atoms with van der Waals surface area (Å²) in [5.41, 5.74) is 1.44. The van der Waals surface area contributed by atoms with E-state index in [0.29, 0.717) is 18.7 Å². The monoisotopic (exact) mass is 397 g/mol. The standard InChI is InChI=1S/C14H21BrClNO3S/c1-10(2)20-6-5-17(4)21(18,19)14-8-12(9-16)7-13(15)11(14)3/h7-8,10H,5-6,9H2,1-4H3. The number of benzene rings is 1. The van der Waals surface area contributed by atoms with Gasteiger partial charge in [0, 0.05) is 23.9 Å². The molecule has 1 rings (SSSR count). The fraction of sp³-hybridized carbons (Fsp3) is 0.571. The third kappa shape index (κ3) is 4.93. The van der Waals surface area contributed by atoms with Crippen LogP contribution in [0.1, 0.15) is 25.0 Å². The van der Waals surface area contributed by atoms with Gasteiger partial charge in [-0.25, -0.2) is 8.42 Å². The van der Waals surface area contributed by atoms with E-state index in [1.807, 2.05) is 19.9 Å². The van der Waals surface area contributed by atoms with E-state index in [1.165, 1.54) is 4.31 Å². The number of sulfonamides is 1. The Morgan fingerprint density at radius 2 is 2.00 bits per heavy atom. The minimum Gasteiger partial charge on any atom is -0.377 e. The number of ether oxygens (including phenoxy) is 1. The van der Waals surface area contributed by atoms with Crippen molar-refractivity contribution in [1.82, 2.24) is 4.31 Å². The smallest absolute Gasteiger partial charge is 0.243 e. The molecule has 0 amide bonds. The molecule has 120 valence electrons. The summed E-state index contributed by atoms with van der Waals surface area (Å²) >= 11 is 9.21. The molecule has 0 radical (unpaired) electrons. The van der Waals surface area contributed by atoms with Gasteiger partial charge in [-0.05, 0) is 44.0 Å². The second-order valence-electron chi connectivity index (χ2n) is 5.08. The van der Waals surface area contributed by atoms with E-state index in [-0.39, 0.29) is 16.9 Å². The molecule has 0 atom stereocenters. The fourth-order valence-corrected chi connectivity index (χ4v) is 4.00. The van der Waals surface area contributed by atoms with Crippen molar-refractivity contribution in [2.24, 2.45) is 0 Å². The van der Waals surface area contributed by atoms with Crippen LogP contribution in [0.4, 0.5) is 0 Å². The van der Waals surface area contributed by atoms with Gasteiger partial charge >= 0.3 is 0 Å². The first-order valence-electron chi connectivity index (χ1n) is 6.63. The van der Waals surface area contributed by atoms with Crippen LogP contribution in [0, 0.1) is 6.92 Å². The summed E-state index contributed by atoms with van der Waals surface area (Å²) in [6.07, 6.45) is 0.0801. The summed E-state index contributed by atoms with van der Waals surface area (Å²) < 4.78 is 32.8. The number of alkyl halides is 1. The highest BCUT2D eigenvalue weighted by Gasteiger charge is 2.24. The Kier molecular flexibility index (Phi) is 7.13. The predicted molar refractivity (Wildman–Crippen MR) is 89.3 cm³/mol. The quantitative estimate of drug-likeness (QED) is 0.660. The minimum absolute atomic E-state index is 0.0801. The first kappa shape index (κ1) is 18.9. The van der Waals surface area contributed by atoms with Crippen molar-refractivity contribution >= 4 is 37.6 Å². The lowest BCUT2D eigenvalue weighted by atomic mass is 10.2. The van der Waals surface area contributed by atoms with Gasteiger partial charge in [0.1, 0.15) is 0 Å². The summed E-state index contributed by atoms with van der Waals surface area (Å²) in [5, 5.41) is 0. The zero-order valence-electron chi connectivity index (χ0n) is 12.7. The van der Waals surface area contributed by atoms with Crippen molar-refractivity contribution in [1.29, 1.82) is 0 Å². The summed E-state index contributed by atoms with van der Waals surface area (Å²) in [5.74, 6) is 0.265. The maximum absolute atomic E-state index is 12.7. The van der Waals surface area contributed by atoms with E-state index in [0.717, 1.165) is 10.0 Å². The number of hydrogen-bond acceptors (Lipinski definition) is 3. The Labute approximate surface area is 140 Å². The van der Waals surface area contributed by atoms with Crippen molar-refractivity contribution in [3.63, 3.8) is 0 Å². The van der Waals surface area contributed by atoms with Crippen LogP contribution < -0.4 is 0 Å². The Balaban J connectivity index is 3.04. The molecule has 0 bridgehead atoms. The van der Waals surface area contributed by atoms with Crippen LogP contribution in [0.3, 0.4) is 0 Å². The molecule has 0 aliphatic heterocycles. The number of nitrogens with zero attached hydrogens (tertiary/aromatic N) is 1. The van der Waals surface area contributed by atoms with Crippen LogP contribution >= 0.6 is 27.5 Å². The maximum atomic E-state index is 12.7. The normalized spacial score (nSPS) is 12.4. The molecule has 0 saturated carbocycles. The molecule has 0 unspecified atom stereocenters. The van der Waals surface area contributed by atoms with E-state index >= 15 is 0 Å². The first-order valence-corrected chi connectivity index (χ1v) is 9.39. The Hall–Kier alpha value is -0.140. The van der Waals surface area contributed by atoms with Crippen molar-refractivity contribution in [3.05, 3.63) is 27.7 Å². The highest BCUT2D eigenvalue weighted by molar-refractivity contribution is 9.10. The molecule has 4 nitrogen and oxygen atoms in total. The Bertz CT molecular complexity index is 590. The first-order chi connectivity index (χ1) is 9.70. The Morgan fingerprint density at radius 3 is 2.52 bits per heavy atom. The van der Waals surface area contributed by atoms with Gasteiger partial charge in [-0.3, -0.25) is 0 Å². The highest BCUT2D eigenvalue weighted by atomic mass is 79.9. The summed E-state index contributed by atoms with van der Waals surface area (Å²) in [6.45, 7) is 6.28. The van der Waals surface area contributed by atoms with Crippen molar-refractivity contribution < 1.29 is 13.2 Å². The molecule has 1 aromatic carbocycles. The Morgan fingerprint density at radius 1 is 1.38 bits per heavy atom. The van der Waals surface area contributed by atoms with Crippen molar-refractivity contribution in [3.8, 4) is 0 Å². The van der Waals surface area contributed by atoms with Gasteiger partial charge in [0.05, 0.1) is 17.6 Å². The van der Waals surface area contributed by atoms with Gasteiger partial charge in [-0.15, -0.1) is 11.6 Å². The molecule has 0 aliphatic carbocycles. The van der Waals surface area contributed by atoms with Gasteiger partial charge in [-0.1, -0.05) is 15.9 Å². The molecular weight excluding hydrogens is 378 g/mol. The predicted octanol–water partition coefficient (Wildman–Crippen LogP) is 3.54. The van der Waals surface area contributed by atoms with Gasteiger partial charge in [0.15, 0.2) is 0 Å². The molecule has 1 aromatic rings. The molecule has 0 aromatic heterocycles. The zero-order chi connectivity index (χ0) is 16.2. The molecule has 0 fully saturated rings. The second kappa shape index (κ2) is 7.92. The maximum Gasteiger partial charge on any atom is 0.243 e. The number of rotatable bonds is 7. The molecule has 0 N–H and O–H groups in total. The molecule has 0 spiro atoms. The van der Waals surface area contributed by atoms with E-state index in [4.69, 9.17) is 16.3 Å². The average molecular weight is 399 g/mol. The molecule has 0 aliphatic rings. The fourth-order valence-electron chi connectivity index (χ4n) is 1.76. The van der Waals surface area contributed by atoms with Crippen molar-refractivity contribution in [2.75, 3.05) is 20.2 Å². The van der Waals surface area contributed by atoms with Gasteiger partial charge in [0.25, 0.3) is 0 Å². The average Bonchev–Trinajstić information content (AvgIpc) is 2.40. The summed E-state index contributed by atoms with van der Waals surface area (Å²) in [4.78, 5) is 0.277. The lowest BCUT2D eigenvalue weighted by molar-refractivity contribution is 0.0737. The number of halogens is 2.